The van der Waals surface area contributed by atoms with E-state index in [-0.39, 0.29) is 27.8 Å². The van der Waals surface area contributed by atoms with Gasteiger partial charge in [0.1, 0.15) is 0 Å². The number of amides is 1. The van der Waals surface area contributed by atoms with Gasteiger partial charge in [0, 0.05) is 12.1 Å². The fourth-order valence-electron chi connectivity index (χ4n) is 2.90. The molecule has 0 radical (unpaired) electrons. The van der Waals surface area contributed by atoms with Crippen molar-refractivity contribution in [2.75, 3.05) is 11.3 Å². The number of hydrogen-bond donors (Lipinski definition) is 2. The van der Waals surface area contributed by atoms with Crippen molar-refractivity contribution < 1.29 is 18.0 Å². The van der Waals surface area contributed by atoms with Gasteiger partial charge in [-0.05, 0) is 43.2 Å². The summed E-state index contributed by atoms with van der Waals surface area (Å²) in [6.07, 6.45) is 0.670. The lowest BCUT2D eigenvalue weighted by atomic mass is 10.1. The van der Waals surface area contributed by atoms with Crippen molar-refractivity contribution in [2.24, 2.45) is 0 Å². The Morgan fingerprint density at radius 3 is 2.13 bits per heavy atom. The molecule has 0 aliphatic heterocycles. The van der Waals surface area contributed by atoms with Crippen LogP contribution >= 0.6 is 0 Å². The quantitative estimate of drug-likeness (QED) is 0.542. The maximum absolute atomic E-state index is 12.7. The third kappa shape index (κ3) is 5.33. The molecule has 0 atom stereocenters. The first-order chi connectivity index (χ1) is 14.4. The van der Waals surface area contributed by atoms with Crippen LogP contribution in [0.1, 0.15) is 33.2 Å². The van der Waals surface area contributed by atoms with E-state index in [2.05, 4.69) is 10.0 Å². The van der Waals surface area contributed by atoms with Crippen molar-refractivity contribution >= 4 is 27.4 Å². The van der Waals surface area contributed by atoms with Gasteiger partial charge in [0.05, 0.1) is 16.1 Å². The third-order valence-corrected chi connectivity index (χ3v) is 5.91. The fraction of sp³-hybridized carbons (Fsp3) is 0.130. The van der Waals surface area contributed by atoms with Crippen molar-refractivity contribution in [3.8, 4) is 0 Å². The molecule has 3 aromatic rings. The number of anilines is 1. The Labute approximate surface area is 176 Å². The highest BCUT2D eigenvalue weighted by molar-refractivity contribution is 7.92. The summed E-state index contributed by atoms with van der Waals surface area (Å²) >= 11 is 0. The molecule has 0 saturated carbocycles. The standard InChI is InChI=1S/C23H22N2O4S/c1-17(26)19-11-13-20(14-12-19)30(28,29)25-22-10-6-5-9-21(22)23(27)24-16-15-18-7-3-2-4-8-18/h2-14,25H,15-16H2,1H3,(H,24,27). The van der Waals surface area contributed by atoms with E-state index in [4.69, 9.17) is 0 Å². The number of Topliss-reactive ketones (excluding diaryl/α,β-unsaturated/α-hetero) is 1. The van der Waals surface area contributed by atoms with Gasteiger partial charge in [0.2, 0.25) is 0 Å². The molecule has 0 aromatic heterocycles. The minimum absolute atomic E-state index is 0.00629. The van der Waals surface area contributed by atoms with Gasteiger partial charge in [-0.3, -0.25) is 14.3 Å². The van der Waals surface area contributed by atoms with Gasteiger partial charge in [-0.15, -0.1) is 0 Å². The number of ketones is 1. The lowest BCUT2D eigenvalue weighted by molar-refractivity contribution is 0.0954. The number of nitrogens with one attached hydrogen (secondary N) is 2. The van der Waals surface area contributed by atoms with E-state index >= 15 is 0 Å². The summed E-state index contributed by atoms with van der Waals surface area (Å²) in [5.74, 6) is -0.513. The zero-order valence-corrected chi connectivity index (χ0v) is 17.3. The van der Waals surface area contributed by atoms with Crippen LogP contribution in [-0.2, 0) is 16.4 Å². The summed E-state index contributed by atoms with van der Waals surface area (Å²) in [5, 5.41) is 2.82. The van der Waals surface area contributed by atoms with Crippen LogP contribution in [-0.4, -0.2) is 26.7 Å². The van der Waals surface area contributed by atoms with E-state index in [0.29, 0.717) is 18.5 Å². The lowest BCUT2D eigenvalue weighted by Crippen LogP contribution is -2.27. The molecule has 0 aliphatic carbocycles. The van der Waals surface area contributed by atoms with Crippen molar-refractivity contribution in [2.45, 2.75) is 18.2 Å². The van der Waals surface area contributed by atoms with Gasteiger partial charge >= 0.3 is 0 Å². The number of para-hydroxylation sites is 1. The number of hydrogen-bond acceptors (Lipinski definition) is 4. The molecule has 2 N–H and O–H groups in total. The highest BCUT2D eigenvalue weighted by Gasteiger charge is 2.18. The van der Waals surface area contributed by atoms with Crippen LogP contribution in [0.15, 0.2) is 83.8 Å². The van der Waals surface area contributed by atoms with E-state index in [1.807, 2.05) is 30.3 Å². The highest BCUT2D eigenvalue weighted by atomic mass is 32.2. The molecule has 0 saturated heterocycles. The van der Waals surface area contributed by atoms with E-state index in [1.54, 1.807) is 18.2 Å². The molecule has 30 heavy (non-hydrogen) atoms. The molecule has 0 bridgehead atoms. The topological polar surface area (TPSA) is 92.3 Å². The lowest BCUT2D eigenvalue weighted by Gasteiger charge is -2.13. The monoisotopic (exact) mass is 422 g/mol. The molecular weight excluding hydrogens is 400 g/mol. The largest absolute Gasteiger partial charge is 0.352 e. The molecule has 7 heteroatoms. The third-order valence-electron chi connectivity index (χ3n) is 4.53. The summed E-state index contributed by atoms with van der Waals surface area (Å²) in [7, 11) is -3.92. The van der Waals surface area contributed by atoms with Gasteiger partial charge in [0.15, 0.2) is 5.78 Å². The predicted molar refractivity (Wildman–Crippen MR) is 116 cm³/mol. The van der Waals surface area contributed by atoms with Crippen LogP contribution in [0.2, 0.25) is 0 Å². The smallest absolute Gasteiger partial charge is 0.261 e. The van der Waals surface area contributed by atoms with Crippen molar-refractivity contribution in [3.05, 3.63) is 95.6 Å². The SMILES string of the molecule is CC(=O)c1ccc(S(=O)(=O)Nc2ccccc2C(=O)NCCc2ccccc2)cc1. The minimum Gasteiger partial charge on any atom is -0.352 e. The number of carbonyl (C=O) groups excluding carboxylic acids is 2. The molecule has 3 rings (SSSR count). The van der Waals surface area contributed by atoms with E-state index in [0.717, 1.165) is 5.56 Å². The van der Waals surface area contributed by atoms with Gasteiger partial charge in [0.25, 0.3) is 15.9 Å². The Hall–Kier alpha value is -3.45. The van der Waals surface area contributed by atoms with Crippen LogP contribution in [0, 0.1) is 0 Å². The fourth-order valence-corrected chi connectivity index (χ4v) is 3.98. The highest BCUT2D eigenvalue weighted by Crippen LogP contribution is 2.20. The molecule has 154 valence electrons. The normalized spacial score (nSPS) is 11.0. The van der Waals surface area contributed by atoms with E-state index in [9.17, 15) is 18.0 Å². The average molecular weight is 423 g/mol. The van der Waals surface area contributed by atoms with Crippen LogP contribution in [0.25, 0.3) is 0 Å². The predicted octanol–water partition coefficient (Wildman–Crippen LogP) is 3.66. The van der Waals surface area contributed by atoms with Crippen molar-refractivity contribution in [3.63, 3.8) is 0 Å². The zero-order valence-electron chi connectivity index (χ0n) is 16.5. The van der Waals surface area contributed by atoms with Gasteiger partial charge in [-0.2, -0.15) is 0 Å². The van der Waals surface area contributed by atoms with Crippen LogP contribution in [0.5, 0.6) is 0 Å². The number of sulfonamides is 1. The molecule has 0 unspecified atom stereocenters. The number of benzene rings is 3. The minimum atomic E-state index is -3.92. The second kappa shape index (κ2) is 9.37. The van der Waals surface area contributed by atoms with Crippen LogP contribution in [0.4, 0.5) is 5.69 Å². The number of carbonyl (C=O) groups is 2. The Balaban J connectivity index is 1.72. The Kier molecular flexibility index (Phi) is 6.64. The molecular formula is C23H22N2O4S. The van der Waals surface area contributed by atoms with Crippen LogP contribution < -0.4 is 10.0 Å². The molecule has 1 amide bonds. The zero-order chi connectivity index (χ0) is 21.6. The van der Waals surface area contributed by atoms with E-state index < -0.39 is 10.0 Å². The maximum Gasteiger partial charge on any atom is 0.261 e. The molecule has 0 spiro atoms. The average Bonchev–Trinajstić information content (AvgIpc) is 2.74. The summed E-state index contributed by atoms with van der Waals surface area (Å²) in [6.45, 7) is 1.84. The van der Waals surface area contributed by atoms with Crippen molar-refractivity contribution in [1.82, 2.24) is 5.32 Å². The number of rotatable bonds is 8. The van der Waals surface area contributed by atoms with E-state index in [1.165, 1.54) is 37.3 Å². The van der Waals surface area contributed by atoms with Gasteiger partial charge in [-0.1, -0.05) is 54.6 Å². The second-order valence-electron chi connectivity index (χ2n) is 6.72. The second-order valence-corrected chi connectivity index (χ2v) is 8.41. The summed E-state index contributed by atoms with van der Waals surface area (Å²) < 4.78 is 27.9. The van der Waals surface area contributed by atoms with Crippen molar-refractivity contribution in [1.29, 1.82) is 0 Å². The summed E-state index contributed by atoms with van der Waals surface area (Å²) in [6, 6.07) is 21.8. The molecule has 0 aliphatic rings. The summed E-state index contributed by atoms with van der Waals surface area (Å²) in [5.41, 5.74) is 1.94. The maximum atomic E-state index is 12.7. The van der Waals surface area contributed by atoms with Gasteiger partial charge in [-0.25, -0.2) is 8.42 Å². The van der Waals surface area contributed by atoms with Crippen LogP contribution in [0.3, 0.4) is 0 Å². The molecule has 6 nitrogen and oxygen atoms in total. The summed E-state index contributed by atoms with van der Waals surface area (Å²) in [4.78, 5) is 24.0. The molecule has 3 aromatic carbocycles. The first-order valence-corrected chi connectivity index (χ1v) is 10.9. The van der Waals surface area contributed by atoms with Gasteiger partial charge < -0.3 is 5.32 Å². The first kappa shape index (κ1) is 21.3. The Morgan fingerprint density at radius 1 is 0.833 bits per heavy atom. The molecule has 0 heterocycles. The molecule has 0 fully saturated rings. The Morgan fingerprint density at radius 2 is 1.47 bits per heavy atom. The first-order valence-electron chi connectivity index (χ1n) is 9.42. The Bertz CT molecular complexity index is 1140.